The molecular weight excluding hydrogens is 1490 g/mol. The third kappa shape index (κ3) is 40.0. The van der Waals surface area contributed by atoms with Crippen molar-refractivity contribution in [3.63, 3.8) is 0 Å². The van der Waals surface area contributed by atoms with Gasteiger partial charge in [0.15, 0.2) is 18.9 Å². The lowest BCUT2D eigenvalue weighted by Gasteiger charge is -2.42. The van der Waals surface area contributed by atoms with E-state index in [1.165, 1.54) is 20.8 Å². The van der Waals surface area contributed by atoms with Crippen LogP contribution in [0, 0.1) is 5.92 Å². The van der Waals surface area contributed by atoms with E-state index in [1.54, 1.807) is 0 Å². The van der Waals surface area contributed by atoms with Gasteiger partial charge in [-0.3, -0.25) is 52.2 Å². The van der Waals surface area contributed by atoms with Gasteiger partial charge in [-0.1, -0.05) is 51.4 Å². The molecule has 0 radical (unpaired) electrons. The number of rotatable bonds is 60. The van der Waals surface area contributed by atoms with Crippen LogP contribution < -0.4 is 47.9 Å². The summed E-state index contributed by atoms with van der Waals surface area (Å²) in [6.45, 7) is -0.489. The number of aliphatic hydroxyl groups excluding tert-OH is 10. The van der Waals surface area contributed by atoms with Crippen molar-refractivity contribution in [2.24, 2.45) is 5.92 Å². The Morgan fingerprint density at radius 1 is 0.409 bits per heavy atom. The molecular formula is C68H124N9O32P. The van der Waals surface area contributed by atoms with Crippen LogP contribution >= 0.6 is 7.82 Å². The smallest absolute Gasteiger partial charge is 0.396 e. The maximum Gasteiger partial charge on any atom is 0.471 e. The van der Waals surface area contributed by atoms with Gasteiger partial charge in [-0.2, -0.15) is 0 Å². The highest BCUT2D eigenvalue weighted by Gasteiger charge is 2.48. The van der Waals surface area contributed by atoms with E-state index in [2.05, 4.69) is 52.4 Å². The lowest BCUT2D eigenvalue weighted by molar-refractivity contribution is -0.271. The highest BCUT2D eigenvalue weighted by atomic mass is 31.2. The summed E-state index contributed by atoms with van der Waals surface area (Å²) in [4.78, 5) is 125. The third-order valence-electron chi connectivity index (χ3n) is 18.0. The Hall–Kier alpha value is -5.42. The van der Waals surface area contributed by atoms with E-state index in [0.717, 1.165) is 58.5 Å². The minimum absolute atomic E-state index is 0.0138. The maximum absolute atomic E-state index is 14.4. The molecule has 20 N–H and O–H groups in total. The zero-order valence-electron chi connectivity index (χ0n) is 63.5. The van der Waals surface area contributed by atoms with Crippen molar-refractivity contribution in [3.8, 4) is 0 Å². The number of phosphoric acid groups is 1. The number of hydrogen-bond donors (Lipinski definition) is 20. The Bertz CT molecular complexity index is 2710. The molecule has 0 aromatic carbocycles. The minimum Gasteiger partial charge on any atom is -0.396 e. The first-order valence-electron chi connectivity index (χ1n) is 37.7. The average molecular weight is 1610 g/mol. The predicted molar refractivity (Wildman–Crippen MR) is 383 cm³/mol. The quantitative estimate of drug-likeness (QED) is 0.0199. The van der Waals surface area contributed by atoms with Crippen molar-refractivity contribution in [2.75, 3.05) is 126 Å². The van der Waals surface area contributed by atoms with Crippen LogP contribution in [0.3, 0.4) is 0 Å². The zero-order chi connectivity index (χ0) is 81.4. The van der Waals surface area contributed by atoms with Crippen LogP contribution in [0.5, 0.6) is 0 Å². The lowest BCUT2D eigenvalue weighted by atomic mass is 9.97. The van der Waals surface area contributed by atoms with Crippen molar-refractivity contribution in [1.82, 2.24) is 47.9 Å². The summed E-state index contributed by atoms with van der Waals surface area (Å²) in [5.74, 6) is -5.12. The molecule has 3 rings (SSSR count). The lowest BCUT2D eigenvalue weighted by Crippen LogP contribution is -2.64. The number of aliphatic hydroxyl groups is 10. The molecule has 0 aliphatic carbocycles. The fourth-order valence-electron chi connectivity index (χ4n) is 11.9. The molecule has 3 saturated heterocycles. The molecule has 9 amide bonds. The standard InChI is InChI=1S/C68H124N9O32P/c1-42(82)73-55-61(92)58(89)48(35-79)107-66(55)103-31-28-100-39-52(86)70-25-18-14-21-46(64(95)72-27-16-11-9-7-5-6-8-10-12-23-51(85)69-24-17-13-20-45(34-78)38-106-110(97,98)99-4)77-65(96)47(76-54(88)41-102-30-33-105-68-57(75-44(3)84)63(94)60(91)50(37-81)109-68)22-15-19-26-71-53(87)40-101-29-32-104-67-56(74-43(2)83)62(93)59(90)49(36-80)108-67/h45-50,55-63,66-68,78-81,89-94H,5-41H2,1-4H3,(H,69,85)(H,70,86)(H,71,87)(H,72,95)(H,73,82)(H,74,83)(H,75,84)(H,76,88)(H,77,96)(H,97,98)/t45?,46-,47-,48?,49?,50?,55?,56?,57?,58?,59?,60?,61?,62?,63?,66?,67?,68?/m0/s1. The second-order valence-corrected chi connectivity index (χ2v) is 28.6. The van der Waals surface area contributed by atoms with E-state index in [9.17, 15) is 104 Å². The summed E-state index contributed by atoms with van der Waals surface area (Å²) in [5, 5.41) is 125. The van der Waals surface area contributed by atoms with Crippen molar-refractivity contribution < 1.29 is 155 Å². The Kier molecular flexibility index (Phi) is 51.0. The van der Waals surface area contributed by atoms with Crippen LogP contribution in [0.4, 0.5) is 0 Å². The number of amides is 9. The normalized spacial score (nSPS) is 25.4. The van der Waals surface area contributed by atoms with Gasteiger partial charge in [0.1, 0.15) is 105 Å². The van der Waals surface area contributed by atoms with Gasteiger partial charge in [0.25, 0.3) is 0 Å². The van der Waals surface area contributed by atoms with Gasteiger partial charge in [0.2, 0.25) is 53.2 Å². The minimum atomic E-state index is -4.13. The molecule has 0 aromatic rings. The van der Waals surface area contributed by atoms with Crippen LogP contribution in [0.15, 0.2) is 0 Å². The molecule has 19 atom stereocenters. The summed E-state index contributed by atoms with van der Waals surface area (Å²) >= 11 is 0. The maximum atomic E-state index is 14.4. The topological polar surface area (TPSA) is 603 Å². The molecule has 0 bridgehead atoms. The summed E-state index contributed by atoms with van der Waals surface area (Å²) in [6, 6.07) is -6.03. The van der Waals surface area contributed by atoms with Gasteiger partial charge in [-0.05, 0) is 64.2 Å². The number of unbranched alkanes of at least 4 members (excludes halogenated alkanes) is 11. The summed E-state index contributed by atoms with van der Waals surface area (Å²) in [6.07, 6.45) is -5.59. The van der Waals surface area contributed by atoms with Crippen LogP contribution in [-0.4, -0.2) is 339 Å². The second-order valence-electron chi connectivity index (χ2n) is 27.0. The van der Waals surface area contributed by atoms with E-state index in [-0.39, 0.29) is 110 Å². The molecule has 0 aromatic heterocycles. The Balaban J connectivity index is 1.60. The molecule has 0 saturated carbocycles. The molecule has 3 aliphatic rings. The van der Waals surface area contributed by atoms with Gasteiger partial charge in [-0.25, -0.2) is 4.57 Å². The SMILES string of the molecule is COP(=O)(O)OCC(CO)CCCCNC(=O)CCCCCCCCCCCNC(=O)[C@H](CCCCNC(=O)COCCOC1OC(CO)C(O)C(O)C1NC(C)=O)NC(=O)[C@H](CCCCNC(=O)COCCOC1OC(CO)C(O)C(O)C1NC(C)=O)NC(=O)COCCOC1OC(CO)C(O)C(O)C1NC(C)=O. The molecule has 3 heterocycles. The summed E-state index contributed by atoms with van der Waals surface area (Å²) in [5.41, 5.74) is 0. The molecule has 0 spiro atoms. The highest BCUT2D eigenvalue weighted by molar-refractivity contribution is 7.47. The highest BCUT2D eigenvalue weighted by Crippen LogP contribution is 2.42. The molecule has 638 valence electrons. The molecule has 3 fully saturated rings. The van der Waals surface area contributed by atoms with Gasteiger partial charge in [0, 0.05) is 73.0 Å². The van der Waals surface area contributed by atoms with Crippen molar-refractivity contribution in [1.29, 1.82) is 0 Å². The summed E-state index contributed by atoms with van der Waals surface area (Å²) < 4.78 is 70.7. The average Bonchev–Trinajstić information content (AvgIpc) is 0.821. The second kappa shape index (κ2) is 56.8. The zero-order valence-corrected chi connectivity index (χ0v) is 64.4. The van der Waals surface area contributed by atoms with E-state index < -0.39 is 199 Å². The first-order valence-corrected chi connectivity index (χ1v) is 39.2. The fourth-order valence-corrected chi connectivity index (χ4v) is 12.4. The van der Waals surface area contributed by atoms with E-state index in [0.29, 0.717) is 51.5 Å². The Morgan fingerprint density at radius 2 is 0.755 bits per heavy atom. The number of ether oxygens (including phenoxy) is 9. The van der Waals surface area contributed by atoms with E-state index in [1.807, 2.05) is 0 Å². The first-order chi connectivity index (χ1) is 52.6. The van der Waals surface area contributed by atoms with Crippen molar-refractivity contribution >= 4 is 61.0 Å². The van der Waals surface area contributed by atoms with Gasteiger partial charge >= 0.3 is 7.82 Å². The van der Waals surface area contributed by atoms with Crippen LogP contribution in [0.25, 0.3) is 0 Å². The Labute approximate surface area is 640 Å². The Morgan fingerprint density at radius 3 is 1.14 bits per heavy atom. The van der Waals surface area contributed by atoms with Crippen LogP contribution in [0.2, 0.25) is 0 Å². The molecule has 17 unspecified atom stereocenters. The van der Waals surface area contributed by atoms with Crippen molar-refractivity contribution in [2.45, 2.75) is 247 Å². The number of carbonyl (C=O) groups is 9. The fraction of sp³-hybridized carbons (Fsp3) is 0.868. The van der Waals surface area contributed by atoms with Crippen LogP contribution in [0.1, 0.15) is 143 Å². The molecule has 41 nitrogen and oxygen atoms in total. The number of carbonyl (C=O) groups excluding carboxylic acids is 9. The largest absolute Gasteiger partial charge is 0.471 e. The summed E-state index contributed by atoms with van der Waals surface area (Å²) in [7, 11) is -3.08. The molecule has 3 aliphatic heterocycles. The van der Waals surface area contributed by atoms with Gasteiger partial charge in [-0.15, -0.1) is 0 Å². The van der Waals surface area contributed by atoms with E-state index >= 15 is 0 Å². The van der Waals surface area contributed by atoms with Crippen LogP contribution in [-0.2, 0) is 99.4 Å². The van der Waals surface area contributed by atoms with Gasteiger partial charge in [0.05, 0.1) is 66.1 Å². The first kappa shape index (κ1) is 98.8. The number of nitrogens with one attached hydrogen (secondary N) is 9. The third-order valence-corrected chi connectivity index (χ3v) is 18.9. The molecule has 42 heteroatoms. The molecule has 110 heavy (non-hydrogen) atoms. The number of phosphoric ester groups is 1. The number of hydrogen-bond acceptors (Lipinski definition) is 31. The monoisotopic (exact) mass is 1610 g/mol. The predicted octanol–water partition coefficient (Wildman–Crippen LogP) is -5.86. The van der Waals surface area contributed by atoms with Crippen molar-refractivity contribution in [3.05, 3.63) is 0 Å². The van der Waals surface area contributed by atoms with Gasteiger partial charge < -0.3 is 146 Å². The van der Waals surface area contributed by atoms with E-state index in [4.69, 9.17) is 47.2 Å².